The van der Waals surface area contributed by atoms with E-state index in [0.717, 1.165) is 11.3 Å². The molecular formula is C14H17N3O2. The van der Waals surface area contributed by atoms with Gasteiger partial charge in [0.2, 0.25) is 11.8 Å². The van der Waals surface area contributed by atoms with Crippen molar-refractivity contribution < 1.29 is 9.47 Å². The third kappa shape index (κ3) is 3.13. The molecule has 1 aromatic heterocycles. The van der Waals surface area contributed by atoms with Gasteiger partial charge in [0.25, 0.3) is 0 Å². The molecule has 2 rings (SSSR count). The van der Waals surface area contributed by atoms with Crippen molar-refractivity contribution in [1.82, 2.24) is 9.97 Å². The highest BCUT2D eigenvalue weighted by atomic mass is 16.5. The lowest BCUT2D eigenvalue weighted by Crippen LogP contribution is -2.00. The van der Waals surface area contributed by atoms with Crippen molar-refractivity contribution in [3.63, 3.8) is 0 Å². The van der Waals surface area contributed by atoms with Crippen LogP contribution in [0.2, 0.25) is 0 Å². The summed E-state index contributed by atoms with van der Waals surface area (Å²) in [4.78, 5) is 8.46. The summed E-state index contributed by atoms with van der Waals surface area (Å²) in [6.07, 6.45) is 0. The van der Waals surface area contributed by atoms with E-state index in [2.05, 4.69) is 15.3 Å². The Morgan fingerprint density at radius 1 is 1.05 bits per heavy atom. The van der Waals surface area contributed by atoms with Gasteiger partial charge in [-0.25, -0.2) is 4.98 Å². The second-order valence-electron chi connectivity index (χ2n) is 4.18. The van der Waals surface area contributed by atoms with Crippen molar-refractivity contribution in [3.05, 3.63) is 35.5 Å². The first-order chi connectivity index (χ1) is 9.12. The standard InChI is InChI=1S/C14H17N3O2/c1-9-5-6-11(12(7-9)18-4)19-13-8-10(2)16-14(15-3)17-13/h5-8H,1-4H3,(H,15,16,17). The number of aryl methyl sites for hydroxylation is 2. The number of ether oxygens (including phenoxy) is 2. The predicted molar refractivity (Wildman–Crippen MR) is 74.1 cm³/mol. The van der Waals surface area contributed by atoms with Gasteiger partial charge in [-0.3, -0.25) is 0 Å². The average molecular weight is 259 g/mol. The molecule has 2 aromatic rings. The summed E-state index contributed by atoms with van der Waals surface area (Å²) in [6.45, 7) is 3.89. The summed E-state index contributed by atoms with van der Waals surface area (Å²) in [5, 5.41) is 2.90. The number of nitrogens with zero attached hydrogens (tertiary/aromatic N) is 2. The molecule has 1 aromatic carbocycles. The molecule has 0 fully saturated rings. The van der Waals surface area contributed by atoms with Crippen LogP contribution in [-0.4, -0.2) is 24.1 Å². The Hall–Kier alpha value is -2.30. The molecule has 0 saturated heterocycles. The molecule has 0 saturated carbocycles. The number of hydrogen-bond donors (Lipinski definition) is 1. The van der Waals surface area contributed by atoms with Crippen molar-refractivity contribution in [2.75, 3.05) is 19.5 Å². The zero-order chi connectivity index (χ0) is 13.8. The van der Waals surface area contributed by atoms with Gasteiger partial charge in [-0.1, -0.05) is 6.07 Å². The van der Waals surface area contributed by atoms with Crippen LogP contribution in [0.4, 0.5) is 5.95 Å². The number of anilines is 1. The third-order valence-electron chi connectivity index (χ3n) is 2.59. The van der Waals surface area contributed by atoms with Crippen molar-refractivity contribution in [3.8, 4) is 17.4 Å². The number of rotatable bonds is 4. The molecule has 0 radical (unpaired) electrons. The van der Waals surface area contributed by atoms with E-state index in [9.17, 15) is 0 Å². The van der Waals surface area contributed by atoms with E-state index in [1.165, 1.54) is 0 Å². The summed E-state index contributed by atoms with van der Waals surface area (Å²) < 4.78 is 11.1. The minimum atomic E-state index is 0.485. The Bertz CT molecular complexity index is 585. The SMILES string of the molecule is CNc1nc(C)cc(Oc2ccc(C)cc2OC)n1. The zero-order valence-electron chi connectivity index (χ0n) is 11.5. The minimum absolute atomic E-state index is 0.485. The lowest BCUT2D eigenvalue weighted by Gasteiger charge is -2.11. The normalized spacial score (nSPS) is 10.1. The van der Waals surface area contributed by atoms with Crippen molar-refractivity contribution in [2.45, 2.75) is 13.8 Å². The van der Waals surface area contributed by atoms with Gasteiger partial charge in [-0.2, -0.15) is 4.98 Å². The first-order valence-electron chi connectivity index (χ1n) is 5.98. The maximum atomic E-state index is 5.76. The van der Waals surface area contributed by atoms with Crippen LogP contribution in [0.25, 0.3) is 0 Å². The molecule has 0 unspecified atom stereocenters. The minimum Gasteiger partial charge on any atom is -0.493 e. The highest BCUT2D eigenvalue weighted by Gasteiger charge is 2.08. The van der Waals surface area contributed by atoms with Crippen LogP contribution in [-0.2, 0) is 0 Å². The van der Waals surface area contributed by atoms with Crippen LogP contribution >= 0.6 is 0 Å². The van der Waals surface area contributed by atoms with Gasteiger partial charge in [0.1, 0.15) is 0 Å². The lowest BCUT2D eigenvalue weighted by atomic mass is 10.2. The first kappa shape index (κ1) is 13.1. The van der Waals surface area contributed by atoms with E-state index in [1.54, 1.807) is 20.2 Å². The molecule has 19 heavy (non-hydrogen) atoms. The van der Waals surface area contributed by atoms with Gasteiger partial charge >= 0.3 is 0 Å². The summed E-state index contributed by atoms with van der Waals surface area (Å²) >= 11 is 0. The van der Waals surface area contributed by atoms with Gasteiger partial charge in [0.05, 0.1) is 7.11 Å². The fourth-order valence-corrected chi connectivity index (χ4v) is 1.68. The molecule has 1 N–H and O–H groups in total. The number of methoxy groups -OCH3 is 1. The molecule has 0 atom stereocenters. The maximum Gasteiger partial charge on any atom is 0.225 e. The van der Waals surface area contributed by atoms with Gasteiger partial charge in [0, 0.05) is 18.8 Å². The molecule has 5 nitrogen and oxygen atoms in total. The average Bonchev–Trinajstić information content (AvgIpc) is 2.40. The van der Waals surface area contributed by atoms with Gasteiger partial charge in [-0.15, -0.1) is 0 Å². The molecular weight excluding hydrogens is 242 g/mol. The predicted octanol–water partition coefficient (Wildman–Crippen LogP) is 2.94. The van der Waals surface area contributed by atoms with E-state index in [-0.39, 0.29) is 0 Å². The van der Waals surface area contributed by atoms with E-state index in [4.69, 9.17) is 9.47 Å². The fourth-order valence-electron chi connectivity index (χ4n) is 1.68. The van der Waals surface area contributed by atoms with Crippen LogP contribution in [0.1, 0.15) is 11.3 Å². The molecule has 0 aliphatic rings. The highest BCUT2D eigenvalue weighted by Crippen LogP contribution is 2.31. The molecule has 0 amide bonds. The second-order valence-corrected chi connectivity index (χ2v) is 4.18. The highest BCUT2D eigenvalue weighted by molar-refractivity contribution is 5.44. The van der Waals surface area contributed by atoms with Crippen LogP contribution in [0.15, 0.2) is 24.3 Å². The molecule has 0 aliphatic heterocycles. The topological polar surface area (TPSA) is 56.3 Å². The second kappa shape index (κ2) is 5.56. The Morgan fingerprint density at radius 3 is 2.53 bits per heavy atom. The van der Waals surface area contributed by atoms with Crippen molar-refractivity contribution >= 4 is 5.95 Å². The molecule has 0 aliphatic carbocycles. The molecule has 0 bridgehead atoms. The smallest absolute Gasteiger partial charge is 0.225 e. The van der Waals surface area contributed by atoms with Gasteiger partial charge in [0.15, 0.2) is 11.5 Å². The van der Waals surface area contributed by atoms with E-state index in [1.807, 2.05) is 32.0 Å². The lowest BCUT2D eigenvalue weighted by molar-refractivity contribution is 0.373. The molecule has 0 spiro atoms. The summed E-state index contributed by atoms with van der Waals surface area (Å²) in [6, 6.07) is 7.53. The Balaban J connectivity index is 2.33. The number of nitrogens with one attached hydrogen (secondary N) is 1. The van der Waals surface area contributed by atoms with Crippen molar-refractivity contribution in [2.24, 2.45) is 0 Å². The van der Waals surface area contributed by atoms with Crippen LogP contribution in [0.5, 0.6) is 17.4 Å². The molecule has 1 heterocycles. The summed E-state index contributed by atoms with van der Waals surface area (Å²) in [7, 11) is 3.39. The Morgan fingerprint density at radius 2 is 1.84 bits per heavy atom. The van der Waals surface area contributed by atoms with Gasteiger partial charge in [-0.05, 0) is 31.5 Å². The van der Waals surface area contributed by atoms with E-state index < -0.39 is 0 Å². The van der Waals surface area contributed by atoms with Crippen LogP contribution in [0, 0.1) is 13.8 Å². The number of aromatic nitrogens is 2. The fraction of sp³-hybridized carbons (Fsp3) is 0.286. The zero-order valence-corrected chi connectivity index (χ0v) is 11.5. The van der Waals surface area contributed by atoms with Crippen LogP contribution < -0.4 is 14.8 Å². The molecule has 5 heteroatoms. The number of hydrogen-bond acceptors (Lipinski definition) is 5. The van der Waals surface area contributed by atoms with E-state index in [0.29, 0.717) is 23.3 Å². The Kier molecular flexibility index (Phi) is 3.85. The Labute approximate surface area is 112 Å². The first-order valence-corrected chi connectivity index (χ1v) is 5.98. The third-order valence-corrected chi connectivity index (χ3v) is 2.59. The quantitative estimate of drug-likeness (QED) is 0.914. The van der Waals surface area contributed by atoms with Gasteiger partial charge < -0.3 is 14.8 Å². The maximum absolute atomic E-state index is 5.76. The summed E-state index contributed by atoms with van der Waals surface area (Å²) in [5.74, 6) is 2.33. The largest absolute Gasteiger partial charge is 0.493 e. The number of benzene rings is 1. The van der Waals surface area contributed by atoms with Crippen LogP contribution in [0.3, 0.4) is 0 Å². The molecule has 100 valence electrons. The van der Waals surface area contributed by atoms with E-state index >= 15 is 0 Å². The summed E-state index contributed by atoms with van der Waals surface area (Å²) in [5.41, 5.74) is 1.94. The van der Waals surface area contributed by atoms with Crippen molar-refractivity contribution in [1.29, 1.82) is 0 Å². The monoisotopic (exact) mass is 259 g/mol.